The average Bonchev–Trinajstić information content (AvgIpc) is 3.31. The number of nitrogens with one attached hydrogen (secondary N) is 1. The zero-order valence-electron chi connectivity index (χ0n) is 20.6. The summed E-state index contributed by atoms with van der Waals surface area (Å²) >= 11 is 0. The molecule has 1 aromatic heterocycles. The number of aromatic nitrogens is 2. The Bertz CT molecular complexity index is 891. The van der Waals surface area contributed by atoms with Gasteiger partial charge in [-0.25, -0.2) is 9.78 Å². The van der Waals surface area contributed by atoms with Crippen LogP contribution in [-0.2, 0) is 9.53 Å². The van der Waals surface area contributed by atoms with Gasteiger partial charge < -0.3 is 19.5 Å². The molecule has 1 N–H and O–H groups in total. The van der Waals surface area contributed by atoms with Crippen molar-refractivity contribution in [2.24, 2.45) is 11.8 Å². The highest BCUT2D eigenvalue weighted by Crippen LogP contribution is 2.32. The van der Waals surface area contributed by atoms with E-state index >= 15 is 0 Å². The van der Waals surface area contributed by atoms with Crippen LogP contribution in [0.5, 0.6) is 0 Å². The van der Waals surface area contributed by atoms with E-state index in [1.807, 2.05) is 51.6 Å². The topological polar surface area (TPSA) is 76.5 Å². The van der Waals surface area contributed by atoms with E-state index in [0.29, 0.717) is 31.8 Å². The first-order valence-electron chi connectivity index (χ1n) is 12.1. The number of piperidine rings is 1. The number of likely N-dealkylation sites (tertiary alicyclic amines) is 1. The van der Waals surface area contributed by atoms with Gasteiger partial charge in [0.15, 0.2) is 0 Å². The zero-order chi connectivity index (χ0) is 24.0. The Morgan fingerprint density at radius 1 is 1.12 bits per heavy atom. The Hall–Kier alpha value is -2.83. The van der Waals surface area contributed by atoms with Crippen LogP contribution in [0.25, 0.3) is 0 Å². The van der Waals surface area contributed by atoms with Gasteiger partial charge in [0.1, 0.15) is 5.60 Å². The summed E-state index contributed by atoms with van der Waals surface area (Å²) in [6, 6.07) is 8.39. The summed E-state index contributed by atoms with van der Waals surface area (Å²) in [6.45, 7) is 11.1. The second-order valence-electron chi connectivity index (χ2n) is 9.88. The molecule has 0 spiro atoms. The van der Waals surface area contributed by atoms with E-state index in [4.69, 9.17) is 4.74 Å². The first-order chi connectivity index (χ1) is 15.7. The van der Waals surface area contributed by atoms with Crippen molar-refractivity contribution in [1.82, 2.24) is 14.5 Å². The van der Waals surface area contributed by atoms with E-state index in [1.165, 1.54) is 5.56 Å². The highest BCUT2D eigenvalue weighted by Gasteiger charge is 2.30. The monoisotopic (exact) mass is 454 g/mol. The molecule has 0 aliphatic carbocycles. The highest BCUT2D eigenvalue weighted by atomic mass is 16.6. The first kappa shape index (κ1) is 24.8. The quantitative estimate of drug-likeness (QED) is 0.600. The van der Waals surface area contributed by atoms with Gasteiger partial charge in [0, 0.05) is 37.1 Å². The molecular weight excluding hydrogens is 416 g/mol. The molecule has 1 aliphatic rings. The lowest BCUT2D eigenvalue weighted by Gasteiger charge is -2.33. The molecule has 0 radical (unpaired) electrons. The fourth-order valence-electron chi connectivity index (χ4n) is 4.52. The number of carbonyl (C=O) groups is 2. The molecule has 7 nitrogen and oxygen atoms in total. The lowest BCUT2D eigenvalue weighted by Crippen LogP contribution is -2.43. The predicted molar refractivity (Wildman–Crippen MR) is 130 cm³/mol. The van der Waals surface area contributed by atoms with Gasteiger partial charge in [-0.15, -0.1) is 0 Å². The molecule has 1 fully saturated rings. The molecule has 7 heteroatoms. The Morgan fingerprint density at radius 2 is 1.76 bits per heavy atom. The number of ether oxygens (including phenoxy) is 1. The van der Waals surface area contributed by atoms with Crippen molar-refractivity contribution >= 4 is 17.7 Å². The lowest BCUT2D eigenvalue weighted by atomic mass is 9.88. The SMILES string of the molecule is CCC(CC)C(c1ccc(NC(=O)C2CCN(C(=O)OC(C)(C)C)CC2)cc1)n1ccnc1. The fourth-order valence-corrected chi connectivity index (χ4v) is 4.52. The van der Waals surface area contributed by atoms with Gasteiger partial charge in [-0.1, -0.05) is 38.8 Å². The Labute approximate surface area is 197 Å². The van der Waals surface area contributed by atoms with Crippen molar-refractivity contribution in [3.8, 4) is 0 Å². The van der Waals surface area contributed by atoms with Crippen LogP contribution in [0.3, 0.4) is 0 Å². The molecule has 1 aromatic carbocycles. The van der Waals surface area contributed by atoms with Crippen molar-refractivity contribution in [2.75, 3.05) is 18.4 Å². The summed E-state index contributed by atoms with van der Waals surface area (Å²) in [5.74, 6) is 0.416. The van der Waals surface area contributed by atoms with Crippen LogP contribution >= 0.6 is 0 Å². The van der Waals surface area contributed by atoms with Crippen LogP contribution in [0, 0.1) is 11.8 Å². The molecule has 2 amide bonds. The van der Waals surface area contributed by atoms with Crippen LogP contribution in [0.2, 0.25) is 0 Å². The summed E-state index contributed by atoms with van der Waals surface area (Å²) in [6.07, 6.45) is 8.85. The maximum absolute atomic E-state index is 12.8. The van der Waals surface area contributed by atoms with E-state index in [1.54, 1.807) is 4.90 Å². The second kappa shape index (κ2) is 10.9. The summed E-state index contributed by atoms with van der Waals surface area (Å²) in [5.41, 5.74) is 1.50. The Balaban J connectivity index is 1.59. The molecule has 2 heterocycles. The largest absolute Gasteiger partial charge is 0.444 e. The molecule has 1 atom stereocenters. The number of imidazole rings is 1. The summed E-state index contributed by atoms with van der Waals surface area (Å²) in [5, 5.41) is 3.06. The normalized spacial score (nSPS) is 16.0. The maximum atomic E-state index is 12.8. The maximum Gasteiger partial charge on any atom is 0.410 e. The van der Waals surface area contributed by atoms with E-state index in [9.17, 15) is 9.59 Å². The van der Waals surface area contributed by atoms with Crippen molar-refractivity contribution in [1.29, 1.82) is 0 Å². The van der Waals surface area contributed by atoms with Crippen LogP contribution in [0.4, 0.5) is 10.5 Å². The third kappa shape index (κ3) is 6.59. The fraction of sp³-hybridized carbons (Fsp3) is 0.577. The number of carbonyl (C=O) groups excluding carboxylic acids is 2. The standard InChI is InChI=1S/C26H38N4O3/c1-6-19(7-2)23(30-17-14-27-18-30)20-8-10-22(11-9-20)28-24(31)21-12-15-29(16-13-21)25(32)33-26(3,4)5/h8-11,14,17-19,21,23H,6-7,12-13,15-16H2,1-5H3,(H,28,31). The predicted octanol–water partition coefficient (Wildman–Crippen LogP) is 5.49. The number of rotatable bonds is 7. The van der Waals surface area contributed by atoms with E-state index in [0.717, 1.165) is 18.5 Å². The number of hydrogen-bond acceptors (Lipinski definition) is 4. The van der Waals surface area contributed by atoms with E-state index < -0.39 is 5.60 Å². The third-order valence-electron chi connectivity index (χ3n) is 6.38. The number of amides is 2. The van der Waals surface area contributed by atoms with Gasteiger partial charge in [0.05, 0.1) is 12.4 Å². The van der Waals surface area contributed by atoms with Crippen LogP contribution < -0.4 is 5.32 Å². The van der Waals surface area contributed by atoms with Crippen molar-refractivity contribution < 1.29 is 14.3 Å². The summed E-state index contributed by atoms with van der Waals surface area (Å²) in [7, 11) is 0. The summed E-state index contributed by atoms with van der Waals surface area (Å²) < 4.78 is 7.61. The third-order valence-corrected chi connectivity index (χ3v) is 6.38. The van der Waals surface area contributed by atoms with Gasteiger partial charge in [-0.05, 0) is 57.2 Å². The van der Waals surface area contributed by atoms with Crippen molar-refractivity contribution in [3.05, 3.63) is 48.5 Å². The highest BCUT2D eigenvalue weighted by molar-refractivity contribution is 5.92. The van der Waals surface area contributed by atoms with Gasteiger partial charge in [0.25, 0.3) is 0 Å². The van der Waals surface area contributed by atoms with E-state index in [2.05, 4.69) is 40.8 Å². The average molecular weight is 455 g/mol. The van der Waals surface area contributed by atoms with Gasteiger partial charge >= 0.3 is 6.09 Å². The van der Waals surface area contributed by atoms with Crippen LogP contribution in [0.15, 0.2) is 43.0 Å². The van der Waals surface area contributed by atoms with Crippen molar-refractivity contribution in [3.63, 3.8) is 0 Å². The van der Waals surface area contributed by atoms with Crippen LogP contribution in [-0.4, -0.2) is 45.1 Å². The number of nitrogens with zero attached hydrogens (tertiary/aromatic N) is 3. The van der Waals surface area contributed by atoms with Crippen LogP contribution in [0.1, 0.15) is 71.9 Å². The molecule has 1 unspecified atom stereocenters. The lowest BCUT2D eigenvalue weighted by molar-refractivity contribution is -0.121. The molecular formula is C26H38N4O3. The number of anilines is 1. The second-order valence-corrected chi connectivity index (χ2v) is 9.88. The molecule has 33 heavy (non-hydrogen) atoms. The van der Waals surface area contributed by atoms with Gasteiger partial charge in [-0.3, -0.25) is 4.79 Å². The molecule has 0 bridgehead atoms. The molecule has 180 valence electrons. The minimum atomic E-state index is -0.511. The number of hydrogen-bond donors (Lipinski definition) is 1. The molecule has 0 saturated carbocycles. The zero-order valence-corrected chi connectivity index (χ0v) is 20.6. The first-order valence-corrected chi connectivity index (χ1v) is 12.1. The molecule has 2 aromatic rings. The summed E-state index contributed by atoms with van der Waals surface area (Å²) in [4.78, 5) is 31.0. The smallest absolute Gasteiger partial charge is 0.410 e. The minimum Gasteiger partial charge on any atom is -0.444 e. The van der Waals surface area contributed by atoms with Gasteiger partial charge in [-0.2, -0.15) is 0 Å². The van der Waals surface area contributed by atoms with Crippen molar-refractivity contribution in [2.45, 2.75) is 71.9 Å². The molecule has 1 aliphatic heterocycles. The molecule has 3 rings (SSSR count). The van der Waals surface area contributed by atoms with Gasteiger partial charge in [0.2, 0.25) is 5.91 Å². The Morgan fingerprint density at radius 3 is 2.27 bits per heavy atom. The number of benzene rings is 1. The minimum absolute atomic E-state index is 0.0118. The Kier molecular flexibility index (Phi) is 8.16. The molecule has 1 saturated heterocycles. The van der Waals surface area contributed by atoms with E-state index in [-0.39, 0.29) is 24.0 Å².